The number of nitrogens with one attached hydrogen (secondary N) is 1. The molecule has 1 aromatic carbocycles. The van der Waals surface area contributed by atoms with E-state index in [0.29, 0.717) is 16.8 Å². The van der Waals surface area contributed by atoms with E-state index in [1.807, 2.05) is 0 Å². The summed E-state index contributed by atoms with van der Waals surface area (Å²) >= 11 is 0. The molecule has 140 valence electrons. The minimum atomic E-state index is -3.25. The van der Waals surface area contributed by atoms with Gasteiger partial charge in [0, 0.05) is 19.0 Å². The number of aryl methyl sites for hydroxylation is 2. The van der Waals surface area contributed by atoms with Crippen LogP contribution in [-0.4, -0.2) is 41.5 Å². The molecule has 0 spiro atoms. The maximum Gasteiger partial charge on any atom is 0.269 e. The number of carbonyl (C=O) groups excluding carboxylic acids is 1. The number of sulfone groups is 1. The molecule has 1 atom stereocenters. The van der Waals surface area contributed by atoms with Crippen molar-refractivity contribution < 1.29 is 22.7 Å². The van der Waals surface area contributed by atoms with Crippen LogP contribution in [0.25, 0.3) is 0 Å². The molecule has 0 unspecified atom stereocenters. The van der Waals surface area contributed by atoms with Crippen molar-refractivity contribution in [2.24, 2.45) is 7.05 Å². The van der Waals surface area contributed by atoms with Gasteiger partial charge < -0.3 is 10.4 Å². The second-order valence-electron chi connectivity index (χ2n) is 6.71. The zero-order valence-electron chi connectivity index (χ0n) is 14.5. The summed E-state index contributed by atoms with van der Waals surface area (Å²) in [6, 6.07) is 5.50. The van der Waals surface area contributed by atoms with Gasteiger partial charge in [-0.2, -0.15) is 5.10 Å². The lowest BCUT2D eigenvalue weighted by Crippen LogP contribution is -2.39. The van der Waals surface area contributed by atoms with E-state index in [9.17, 15) is 22.7 Å². The van der Waals surface area contributed by atoms with Gasteiger partial charge >= 0.3 is 0 Å². The monoisotopic (exact) mass is 381 g/mol. The number of carbonyl (C=O) groups is 1. The lowest BCUT2D eigenvalue weighted by Gasteiger charge is -2.24. The van der Waals surface area contributed by atoms with Crippen LogP contribution >= 0.6 is 0 Å². The molecule has 0 radical (unpaired) electrons. The summed E-state index contributed by atoms with van der Waals surface area (Å²) < 4.78 is 38.5. The quantitative estimate of drug-likeness (QED) is 0.811. The molecule has 3 rings (SSSR count). The molecule has 1 aliphatic heterocycles. The molecule has 26 heavy (non-hydrogen) atoms. The van der Waals surface area contributed by atoms with Crippen molar-refractivity contribution in [1.29, 1.82) is 0 Å². The first-order valence-electron chi connectivity index (χ1n) is 8.11. The van der Waals surface area contributed by atoms with Crippen molar-refractivity contribution >= 4 is 15.7 Å². The van der Waals surface area contributed by atoms with E-state index in [4.69, 9.17) is 0 Å². The highest BCUT2D eigenvalue weighted by Crippen LogP contribution is 2.24. The van der Waals surface area contributed by atoms with Gasteiger partial charge in [0.05, 0.1) is 23.7 Å². The van der Waals surface area contributed by atoms with E-state index >= 15 is 0 Å². The standard InChI is InChI=1S/C17H20FN3O4S/c1-17(23,11-4-3-5-12(18)8-11)10-19-16(22)15-13-9-26(24,25)7-6-14(13)20-21(15)2/h3-5,8,23H,6-7,9-10H2,1-2H3,(H,19,22)/t17-/m0/s1. The highest BCUT2D eigenvalue weighted by atomic mass is 32.2. The number of rotatable bonds is 4. The largest absolute Gasteiger partial charge is 0.384 e. The van der Waals surface area contributed by atoms with Crippen molar-refractivity contribution in [3.05, 3.63) is 52.6 Å². The minimum Gasteiger partial charge on any atom is -0.384 e. The van der Waals surface area contributed by atoms with Crippen molar-refractivity contribution in [2.45, 2.75) is 24.7 Å². The first-order chi connectivity index (χ1) is 12.1. The number of amides is 1. The molecular formula is C17H20FN3O4S. The highest BCUT2D eigenvalue weighted by molar-refractivity contribution is 7.90. The van der Waals surface area contributed by atoms with Crippen LogP contribution in [0.3, 0.4) is 0 Å². The van der Waals surface area contributed by atoms with Crippen LogP contribution in [0.1, 0.15) is 34.2 Å². The fourth-order valence-electron chi connectivity index (χ4n) is 3.07. The molecule has 7 nitrogen and oxygen atoms in total. The van der Waals surface area contributed by atoms with Gasteiger partial charge in [-0.25, -0.2) is 12.8 Å². The summed E-state index contributed by atoms with van der Waals surface area (Å²) in [4.78, 5) is 12.6. The van der Waals surface area contributed by atoms with Crippen LogP contribution in [-0.2, 0) is 34.7 Å². The second-order valence-corrected chi connectivity index (χ2v) is 8.89. The van der Waals surface area contributed by atoms with Gasteiger partial charge in [0.1, 0.15) is 17.1 Å². The first-order valence-corrected chi connectivity index (χ1v) is 9.93. The number of benzene rings is 1. The average Bonchev–Trinajstić information content (AvgIpc) is 2.87. The zero-order valence-corrected chi connectivity index (χ0v) is 15.3. The van der Waals surface area contributed by atoms with Gasteiger partial charge in [-0.05, 0) is 24.6 Å². The fraction of sp³-hybridized carbons (Fsp3) is 0.412. The number of nitrogens with zero attached hydrogens (tertiary/aromatic N) is 2. The summed E-state index contributed by atoms with van der Waals surface area (Å²) in [6.07, 6.45) is 0.278. The van der Waals surface area contributed by atoms with Crippen LogP contribution in [0.15, 0.2) is 24.3 Å². The molecule has 2 N–H and O–H groups in total. The first kappa shape index (κ1) is 18.5. The van der Waals surface area contributed by atoms with Crippen LogP contribution in [0.4, 0.5) is 4.39 Å². The highest BCUT2D eigenvalue weighted by Gasteiger charge is 2.31. The maximum atomic E-state index is 13.4. The zero-order chi connectivity index (χ0) is 19.1. The van der Waals surface area contributed by atoms with Crippen LogP contribution in [0, 0.1) is 5.82 Å². The van der Waals surface area contributed by atoms with Gasteiger partial charge in [0.25, 0.3) is 5.91 Å². The third-order valence-corrected chi connectivity index (χ3v) is 6.05. The molecule has 0 fully saturated rings. The van der Waals surface area contributed by atoms with Gasteiger partial charge in [-0.1, -0.05) is 12.1 Å². The molecular weight excluding hydrogens is 361 g/mol. The van der Waals surface area contributed by atoms with E-state index in [1.54, 1.807) is 13.1 Å². The van der Waals surface area contributed by atoms with Crippen molar-refractivity contribution in [2.75, 3.05) is 12.3 Å². The number of hydrogen-bond donors (Lipinski definition) is 2. The number of aromatic nitrogens is 2. The van der Waals surface area contributed by atoms with Crippen LogP contribution < -0.4 is 5.32 Å². The molecule has 1 amide bonds. The molecule has 0 bridgehead atoms. The Kier molecular flexibility index (Phi) is 4.61. The predicted octanol–water partition coefficient (Wildman–Crippen LogP) is 0.668. The summed E-state index contributed by atoms with van der Waals surface area (Å²) in [5, 5.41) is 17.4. The predicted molar refractivity (Wildman–Crippen MR) is 92.7 cm³/mol. The Balaban J connectivity index is 1.80. The Morgan fingerprint density at radius 3 is 2.88 bits per heavy atom. The Labute approximate surface area is 150 Å². The van der Waals surface area contributed by atoms with Crippen molar-refractivity contribution in [3.63, 3.8) is 0 Å². The molecule has 1 aromatic heterocycles. The maximum absolute atomic E-state index is 13.4. The van der Waals surface area contributed by atoms with E-state index in [1.165, 1.54) is 29.8 Å². The number of hydrogen-bond acceptors (Lipinski definition) is 5. The normalized spacial score (nSPS) is 18.0. The molecule has 2 heterocycles. The molecule has 0 saturated heterocycles. The van der Waals surface area contributed by atoms with Crippen LogP contribution in [0.5, 0.6) is 0 Å². The lowest BCUT2D eigenvalue weighted by atomic mass is 9.96. The second kappa shape index (κ2) is 6.48. The number of aliphatic hydroxyl groups is 1. The van der Waals surface area contributed by atoms with Gasteiger partial charge in [0.2, 0.25) is 0 Å². The van der Waals surface area contributed by atoms with Gasteiger partial charge in [-0.3, -0.25) is 9.48 Å². The smallest absolute Gasteiger partial charge is 0.269 e. The Hall–Kier alpha value is -2.26. The SMILES string of the molecule is Cn1nc2c(c1C(=O)NC[C@](C)(O)c1cccc(F)c1)CS(=O)(=O)CC2. The Morgan fingerprint density at radius 1 is 1.46 bits per heavy atom. The minimum absolute atomic E-state index is 0.0202. The summed E-state index contributed by atoms with van der Waals surface area (Å²) in [7, 11) is -1.68. The Bertz CT molecular complexity index is 966. The lowest BCUT2D eigenvalue weighted by molar-refractivity contribution is 0.0521. The van der Waals surface area contributed by atoms with Gasteiger partial charge in [-0.15, -0.1) is 0 Å². The third-order valence-electron chi connectivity index (χ3n) is 4.50. The molecule has 0 aliphatic carbocycles. The van der Waals surface area contributed by atoms with Crippen LogP contribution in [0.2, 0.25) is 0 Å². The molecule has 9 heteroatoms. The third kappa shape index (κ3) is 3.63. The Morgan fingerprint density at radius 2 is 2.19 bits per heavy atom. The van der Waals surface area contributed by atoms with Crippen molar-refractivity contribution in [3.8, 4) is 0 Å². The summed E-state index contributed by atoms with van der Waals surface area (Å²) in [5.41, 5.74) is 0.0133. The topological polar surface area (TPSA) is 101 Å². The molecule has 2 aromatic rings. The fourth-order valence-corrected chi connectivity index (χ4v) is 4.46. The summed E-state index contributed by atoms with van der Waals surface area (Å²) in [6.45, 7) is 1.30. The summed E-state index contributed by atoms with van der Waals surface area (Å²) in [5.74, 6) is -1.22. The average molecular weight is 381 g/mol. The molecule has 0 saturated carbocycles. The van der Waals surface area contributed by atoms with Crippen molar-refractivity contribution in [1.82, 2.24) is 15.1 Å². The van der Waals surface area contributed by atoms with E-state index < -0.39 is 27.2 Å². The van der Waals surface area contributed by atoms with E-state index in [2.05, 4.69) is 10.4 Å². The van der Waals surface area contributed by atoms with E-state index in [0.717, 1.165) is 0 Å². The molecule has 1 aliphatic rings. The number of fused-ring (bicyclic) bond motifs is 1. The number of halogens is 1. The van der Waals surface area contributed by atoms with E-state index in [-0.39, 0.29) is 30.2 Å². The van der Waals surface area contributed by atoms with Gasteiger partial charge in [0.15, 0.2) is 9.84 Å².